The monoisotopic (exact) mass is 540 g/mol. The van der Waals surface area contributed by atoms with E-state index in [4.69, 9.17) is 26.3 Å². The summed E-state index contributed by atoms with van der Waals surface area (Å²) in [6.45, 7) is 8.47. The zero-order valence-electron chi connectivity index (χ0n) is 21.3. The Morgan fingerprint density at radius 2 is 2.05 bits per heavy atom. The number of likely N-dealkylation sites (N-methyl/N-ethyl adjacent to an activating group) is 1. The Morgan fingerprint density at radius 1 is 1.24 bits per heavy atom. The lowest BCUT2D eigenvalue weighted by Crippen LogP contribution is -2.48. The summed E-state index contributed by atoms with van der Waals surface area (Å²) in [4.78, 5) is 30.0. The van der Waals surface area contributed by atoms with Crippen LogP contribution in [0.1, 0.15) is 24.1 Å². The van der Waals surface area contributed by atoms with Crippen LogP contribution in [0.2, 0.25) is 5.02 Å². The van der Waals surface area contributed by atoms with Gasteiger partial charge in [-0.2, -0.15) is 15.1 Å². The number of fused-ring (bicyclic) bond motifs is 2. The number of piperazine rings is 1. The predicted molar refractivity (Wildman–Crippen MR) is 143 cm³/mol. The van der Waals surface area contributed by atoms with Gasteiger partial charge in [0.25, 0.3) is 0 Å². The van der Waals surface area contributed by atoms with E-state index in [-0.39, 0.29) is 10.9 Å². The van der Waals surface area contributed by atoms with Crippen LogP contribution in [0, 0.1) is 5.82 Å². The van der Waals surface area contributed by atoms with Gasteiger partial charge in [-0.25, -0.2) is 4.39 Å². The molecule has 3 aromatic rings. The van der Waals surface area contributed by atoms with Gasteiger partial charge in [0, 0.05) is 55.8 Å². The maximum atomic E-state index is 14.7. The number of aromatic nitrogens is 4. The summed E-state index contributed by atoms with van der Waals surface area (Å²) in [6, 6.07) is 2.03. The molecule has 5 heterocycles. The molecule has 38 heavy (non-hydrogen) atoms. The number of aromatic amines is 1. The molecule has 1 aromatic carbocycles. The highest BCUT2D eigenvalue weighted by molar-refractivity contribution is 6.35. The van der Waals surface area contributed by atoms with Crippen molar-refractivity contribution in [1.29, 1.82) is 0 Å². The maximum Gasteiger partial charge on any atom is 0.318 e. The van der Waals surface area contributed by atoms with Crippen LogP contribution < -0.4 is 14.5 Å². The van der Waals surface area contributed by atoms with Crippen LogP contribution in [-0.4, -0.2) is 88.3 Å². The first-order valence-electron chi connectivity index (χ1n) is 12.9. The highest BCUT2D eigenvalue weighted by atomic mass is 35.5. The van der Waals surface area contributed by atoms with E-state index in [2.05, 4.69) is 33.6 Å². The predicted octanol–water partition coefficient (Wildman–Crippen LogP) is 2.97. The highest BCUT2D eigenvalue weighted by Crippen LogP contribution is 2.41. The first kappa shape index (κ1) is 24.9. The molecule has 2 saturated heterocycles. The quantitative estimate of drug-likeness (QED) is 0.477. The zero-order valence-corrected chi connectivity index (χ0v) is 22.0. The number of benzene rings is 1. The smallest absolute Gasteiger partial charge is 0.318 e. The molecule has 1 amide bonds. The van der Waals surface area contributed by atoms with Crippen LogP contribution in [-0.2, 0) is 17.9 Å². The first-order chi connectivity index (χ1) is 18.4. The average Bonchev–Trinajstić information content (AvgIpc) is 3.67. The molecular weight excluding hydrogens is 511 g/mol. The Hall–Kier alpha value is -3.44. The second-order valence-electron chi connectivity index (χ2n) is 10.1. The molecule has 3 aliphatic heterocycles. The summed E-state index contributed by atoms with van der Waals surface area (Å²) in [5.41, 5.74) is 2.94. The number of hydrogen-bond acceptors (Lipinski definition) is 8. The number of rotatable bonds is 6. The number of anilines is 2. The number of ether oxygens (including phenoxy) is 1. The van der Waals surface area contributed by atoms with Crippen molar-refractivity contribution >= 4 is 39.9 Å². The van der Waals surface area contributed by atoms with Crippen molar-refractivity contribution in [2.75, 3.05) is 56.2 Å². The fourth-order valence-corrected chi connectivity index (χ4v) is 5.93. The molecule has 2 fully saturated rings. The van der Waals surface area contributed by atoms with Crippen molar-refractivity contribution in [3.63, 3.8) is 0 Å². The lowest BCUT2D eigenvalue weighted by atomic mass is 10.2. The number of halogens is 2. The summed E-state index contributed by atoms with van der Waals surface area (Å²) in [5, 5.41) is 7.73. The van der Waals surface area contributed by atoms with E-state index >= 15 is 0 Å². The van der Waals surface area contributed by atoms with Crippen LogP contribution in [0.15, 0.2) is 24.9 Å². The third-order valence-electron chi connectivity index (χ3n) is 7.81. The third kappa shape index (κ3) is 4.43. The van der Waals surface area contributed by atoms with E-state index in [1.165, 1.54) is 12.1 Å². The van der Waals surface area contributed by atoms with Gasteiger partial charge in [-0.3, -0.25) is 9.89 Å². The van der Waals surface area contributed by atoms with Gasteiger partial charge >= 0.3 is 6.01 Å². The molecule has 0 bridgehead atoms. The first-order valence-corrected chi connectivity index (χ1v) is 13.3. The number of hydrogen-bond donors (Lipinski definition) is 1. The van der Waals surface area contributed by atoms with Crippen molar-refractivity contribution in [1.82, 2.24) is 30.0 Å². The molecule has 200 valence electrons. The molecule has 0 spiro atoms. The third-order valence-corrected chi connectivity index (χ3v) is 8.17. The molecule has 1 atom stereocenters. The Bertz CT molecular complexity index is 1390. The Labute approximate surface area is 225 Å². The van der Waals surface area contributed by atoms with Crippen molar-refractivity contribution < 1.29 is 13.9 Å². The van der Waals surface area contributed by atoms with Gasteiger partial charge in [0.05, 0.1) is 29.6 Å². The molecule has 3 aliphatic rings. The van der Waals surface area contributed by atoms with E-state index in [1.807, 2.05) is 4.90 Å². The van der Waals surface area contributed by atoms with Gasteiger partial charge < -0.3 is 24.3 Å². The summed E-state index contributed by atoms with van der Waals surface area (Å²) in [6.07, 6.45) is 5.25. The Morgan fingerprint density at radius 3 is 2.79 bits per heavy atom. The zero-order chi connectivity index (χ0) is 26.4. The van der Waals surface area contributed by atoms with Gasteiger partial charge in [-0.1, -0.05) is 18.2 Å². The number of amides is 1. The van der Waals surface area contributed by atoms with E-state index in [0.29, 0.717) is 69.1 Å². The molecule has 0 radical (unpaired) electrons. The Kier molecular flexibility index (Phi) is 6.56. The summed E-state index contributed by atoms with van der Waals surface area (Å²) >= 11 is 6.49. The summed E-state index contributed by atoms with van der Waals surface area (Å²) < 4.78 is 20.9. The SMILES string of the molecule is C=CC(=O)N1CCN(c2nc(OC[C@@H]3CCCN3C)nc3c2CN(c2c(Cl)c(F)cc4[nH]ncc24)C3)CC1. The topological polar surface area (TPSA) is 93.7 Å². The maximum absolute atomic E-state index is 14.7. The standard InChI is InChI=1S/C26H30ClFN8O2/c1-3-22(37)34-7-9-35(10-8-34)25-18-13-36(24-17-12-29-32-20(17)11-19(28)23(24)27)14-21(18)30-26(31-25)38-15-16-5-4-6-33(16)2/h3,11-12,16H,1,4-10,13-15H2,2H3,(H,29,32)/t16-/m0/s1. The second kappa shape index (κ2) is 10.0. The summed E-state index contributed by atoms with van der Waals surface area (Å²) in [5.74, 6) is 0.209. The number of nitrogens with zero attached hydrogens (tertiary/aromatic N) is 7. The van der Waals surface area contributed by atoms with E-state index in [9.17, 15) is 9.18 Å². The fourth-order valence-electron chi connectivity index (χ4n) is 5.65. The number of carbonyl (C=O) groups excluding carboxylic acids is 1. The van der Waals surface area contributed by atoms with Crippen molar-refractivity contribution in [2.45, 2.75) is 32.0 Å². The van der Waals surface area contributed by atoms with Crippen LogP contribution >= 0.6 is 11.6 Å². The van der Waals surface area contributed by atoms with Crippen molar-refractivity contribution in [2.24, 2.45) is 0 Å². The lowest BCUT2D eigenvalue weighted by Gasteiger charge is -2.35. The number of likely N-dealkylation sites (tertiary alicyclic amines) is 1. The summed E-state index contributed by atoms with van der Waals surface area (Å²) in [7, 11) is 2.11. The van der Waals surface area contributed by atoms with Crippen molar-refractivity contribution in [3.8, 4) is 6.01 Å². The minimum Gasteiger partial charge on any atom is -0.462 e. The van der Waals surface area contributed by atoms with Crippen molar-refractivity contribution in [3.05, 3.63) is 47.0 Å². The number of H-pyrrole nitrogens is 1. The minimum atomic E-state index is -0.506. The molecule has 0 unspecified atom stereocenters. The van der Waals surface area contributed by atoms with E-state index in [1.54, 1.807) is 11.1 Å². The van der Waals surface area contributed by atoms with Gasteiger partial charge in [-0.15, -0.1) is 0 Å². The van der Waals surface area contributed by atoms with Crippen LogP contribution in [0.5, 0.6) is 6.01 Å². The molecule has 10 nitrogen and oxygen atoms in total. The van der Waals surface area contributed by atoms with Crippen LogP contribution in [0.3, 0.4) is 0 Å². The molecule has 0 aliphatic carbocycles. The Balaban J connectivity index is 1.32. The molecule has 6 rings (SSSR count). The van der Waals surface area contributed by atoms with E-state index < -0.39 is 5.82 Å². The fraction of sp³-hybridized carbons (Fsp3) is 0.462. The largest absolute Gasteiger partial charge is 0.462 e. The normalized spacial score (nSPS) is 19.9. The van der Waals surface area contributed by atoms with Crippen LogP contribution in [0.25, 0.3) is 10.9 Å². The number of nitrogens with one attached hydrogen (secondary N) is 1. The highest BCUT2D eigenvalue weighted by Gasteiger charge is 2.33. The van der Waals surface area contributed by atoms with Crippen LogP contribution in [0.4, 0.5) is 15.9 Å². The molecular formula is C26H30ClFN8O2. The minimum absolute atomic E-state index is 0.0542. The average molecular weight is 541 g/mol. The molecule has 0 saturated carbocycles. The van der Waals surface area contributed by atoms with Gasteiger partial charge in [-0.05, 0) is 32.5 Å². The molecule has 2 aromatic heterocycles. The molecule has 12 heteroatoms. The molecule has 1 N–H and O–H groups in total. The lowest BCUT2D eigenvalue weighted by molar-refractivity contribution is -0.126. The van der Waals surface area contributed by atoms with Gasteiger partial charge in [0.15, 0.2) is 0 Å². The van der Waals surface area contributed by atoms with Gasteiger partial charge in [0.2, 0.25) is 5.91 Å². The number of carbonyl (C=O) groups is 1. The second-order valence-corrected chi connectivity index (χ2v) is 10.4. The van der Waals surface area contributed by atoms with E-state index in [0.717, 1.165) is 41.8 Å². The van der Waals surface area contributed by atoms with Gasteiger partial charge in [0.1, 0.15) is 23.3 Å².